The highest BCUT2D eigenvalue weighted by molar-refractivity contribution is 5.87. The second kappa shape index (κ2) is 9.49. The van der Waals surface area contributed by atoms with Crippen LogP contribution in [0.25, 0.3) is 10.9 Å². The van der Waals surface area contributed by atoms with Crippen LogP contribution < -0.4 is 5.32 Å². The molecule has 1 aromatic carbocycles. The molecule has 0 saturated heterocycles. The SMILES string of the molecule is O=C(O)CCC(CC1CCCCC1)NC(=O)Cc1cccc2cccnc12. The van der Waals surface area contributed by atoms with Crippen LogP contribution in [-0.4, -0.2) is 28.0 Å². The van der Waals surface area contributed by atoms with Gasteiger partial charge in [-0.3, -0.25) is 14.6 Å². The molecular weight excluding hydrogens is 340 g/mol. The molecule has 1 atom stereocenters. The molecule has 2 N–H and O–H groups in total. The standard InChI is InChI=1S/C22H28N2O3/c25-20(15-18-9-4-8-17-10-5-13-23-22(17)18)24-19(11-12-21(26)27)14-16-6-2-1-3-7-16/h4-5,8-10,13,16,19H,1-3,6-7,11-12,14-15H2,(H,24,25)(H,26,27). The van der Waals surface area contributed by atoms with Crippen LogP contribution in [0.1, 0.15) is 56.9 Å². The molecule has 0 bridgehead atoms. The van der Waals surface area contributed by atoms with Crippen molar-refractivity contribution in [1.29, 1.82) is 0 Å². The van der Waals surface area contributed by atoms with E-state index in [-0.39, 0.29) is 24.8 Å². The van der Waals surface area contributed by atoms with E-state index in [1.54, 1.807) is 6.20 Å². The molecule has 27 heavy (non-hydrogen) atoms. The number of carboxylic acid groups (broad SMARTS) is 1. The second-order valence-corrected chi connectivity index (χ2v) is 7.61. The summed E-state index contributed by atoms with van der Waals surface area (Å²) in [6, 6.07) is 9.67. The lowest BCUT2D eigenvalue weighted by atomic mass is 9.84. The highest BCUT2D eigenvalue weighted by Gasteiger charge is 2.21. The molecule has 1 amide bonds. The van der Waals surface area contributed by atoms with Crippen LogP contribution in [0.5, 0.6) is 0 Å². The number of carbonyl (C=O) groups is 2. The predicted molar refractivity (Wildman–Crippen MR) is 105 cm³/mol. The smallest absolute Gasteiger partial charge is 0.303 e. The summed E-state index contributed by atoms with van der Waals surface area (Å²) in [5.74, 6) is -0.271. The zero-order chi connectivity index (χ0) is 19.1. The van der Waals surface area contributed by atoms with Gasteiger partial charge in [0.1, 0.15) is 0 Å². The monoisotopic (exact) mass is 368 g/mol. The van der Waals surface area contributed by atoms with Gasteiger partial charge in [-0.1, -0.05) is 56.4 Å². The first-order valence-corrected chi connectivity index (χ1v) is 9.95. The summed E-state index contributed by atoms with van der Waals surface area (Å²) in [6.45, 7) is 0. The van der Waals surface area contributed by atoms with Gasteiger partial charge < -0.3 is 10.4 Å². The Balaban J connectivity index is 1.64. The minimum Gasteiger partial charge on any atom is -0.481 e. The summed E-state index contributed by atoms with van der Waals surface area (Å²) in [5, 5.41) is 13.2. The zero-order valence-corrected chi connectivity index (χ0v) is 15.7. The number of nitrogens with one attached hydrogen (secondary N) is 1. The quantitative estimate of drug-likeness (QED) is 0.735. The van der Waals surface area contributed by atoms with Gasteiger partial charge in [0.2, 0.25) is 5.91 Å². The fourth-order valence-corrected chi connectivity index (χ4v) is 4.13. The van der Waals surface area contributed by atoms with Gasteiger partial charge in [0, 0.05) is 24.0 Å². The van der Waals surface area contributed by atoms with E-state index in [9.17, 15) is 9.59 Å². The third-order valence-corrected chi connectivity index (χ3v) is 5.48. The number of carboxylic acids is 1. The van der Waals surface area contributed by atoms with Crippen molar-refractivity contribution < 1.29 is 14.7 Å². The fourth-order valence-electron chi connectivity index (χ4n) is 4.13. The van der Waals surface area contributed by atoms with Gasteiger partial charge >= 0.3 is 5.97 Å². The molecule has 0 spiro atoms. The van der Waals surface area contributed by atoms with Crippen molar-refractivity contribution >= 4 is 22.8 Å². The van der Waals surface area contributed by atoms with Gasteiger partial charge in [0.25, 0.3) is 0 Å². The lowest BCUT2D eigenvalue weighted by Gasteiger charge is -2.27. The number of amides is 1. The number of pyridine rings is 1. The topological polar surface area (TPSA) is 79.3 Å². The minimum atomic E-state index is -0.809. The van der Waals surface area contributed by atoms with Crippen LogP contribution >= 0.6 is 0 Å². The van der Waals surface area contributed by atoms with Crippen molar-refractivity contribution in [2.45, 2.75) is 63.8 Å². The molecule has 3 rings (SSSR count). The molecule has 1 aliphatic carbocycles. The summed E-state index contributed by atoms with van der Waals surface area (Å²) in [6.07, 6.45) is 9.62. The number of carbonyl (C=O) groups excluding carboxylic acids is 1. The van der Waals surface area contributed by atoms with Crippen molar-refractivity contribution in [1.82, 2.24) is 10.3 Å². The summed E-state index contributed by atoms with van der Waals surface area (Å²) >= 11 is 0. The Hall–Kier alpha value is -2.43. The molecule has 1 fully saturated rings. The molecule has 1 aromatic heterocycles. The van der Waals surface area contributed by atoms with Gasteiger partial charge in [0.15, 0.2) is 0 Å². The molecule has 5 heteroatoms. The summed E-state index contributed by atoms with van der Waals surface area (Å²) in [4.78, 5) is 28.1. The number of nitrogens with zero attached hydrogens (tertiary/aromatic N) is 1. The van der Waals surface area contributed by atoms with Gasteiger partial charge in [-0.25, -0.2) is 0 Å². The Bertz CT molecular complexity index is 779. The number of fused-ring (bicyclic) bond motifs is 1. The lowest BCUT2D eigenvalue weighted by Crippen LogP contribution is -2.38. The normalized spacial score (nSPS) is 16.1. The van der Waals surface area contributed by atoms with Crippen LogP contribution in [0.2, 0.25) is 0 Å². The number of aromatic nitrogens is 1. The third-order valence-electron chi connectivity index (χ3n) is 5.48. The summed E-state index contributed by atoms with van der Waals surface area (Å²) in [5.41, 5.74) is 1.75. The number of benzene rings is 1. The Morgan fingerprint density at radius 3 is 2.70 bits per heavy atom. The average molecular weight is 368 g/mol. The van der Waals surface area contributed by atoms with Crippen LogP contribution in [0.15, 0.2) is 36.5 Å². The fraction of sp³-hybridized carbons (Fsp3) is 0.500. The first kappa shape index (κ1) is 19.3. The van der Waals surface area contributed by atoms with Gasteiger partial charge in [0.05, 0.1) is 11.9 Å². The largest absolute Gasteiger partial charge is 0.481 e. The number of hydrogen-bond acceptors (Lipinski definition) is 3. The number of aliphatic carboxylic acids is 1. The molecule has 2 aromatic rings. The second-order valence-electron chi connectivity index (χ2n) is 7.61. The van der Waals surface area contributed by atoms with E-state index in [1.807, 2.05) is 30.3 Å². The van der Waals surface area contributed by atoms with Crippen LogP contribution in [0, 0.1) is 5.92 Å². The van der Waals surface area contributed by atoms with Crippen molar-refractivity contribution in [2.75, 3.05) is 0 Å². The average Bonchev–Trinajstić information content (AvgIpc) is 2.67. The first-order valence-electron chi connectivity index (χ1n) is 9.95. The third kappa shape index (κ3) is 5.78. The van der Waals surface area contributed by atoms with E-state index in [4.69, 9.17) is 5.11 Å². The molecule has 1 saturated carbocycles. The predicted octanol–water partition coefficient (Wildman–Crippen LogP) is 4.10. The molecule has 0 radical (unpaired) electrons. The maximum Gasteiger partial charge on any atom is 0.303 e. The molecule has 0 aliphatic heterocycles. The van der Waals surface area contributed by atoms with E-state index in [2.05, 4.69) is 10.3 Å². The summed E-state index contributed by atoms with van der Waals surface area (Å²) < 4.78 is 0. The maximum atomic E-state index is 12.7. The van der Waals surface area contributed by atoms with Gasteiger partial charge in [-0.05, 0) is 30.4 Å². The van der Waals surface area contributed by atoms with Crippen molar-refractivity contribution in [2.24, 2.45) is 5.92 Å². The molecular formula is C22H28N2O3. The van der Waals surface area contributed by atoms with E-state index in [0.717, 1.165) is 22.9 Å². The maximum absolute atomic E-state index is 12.7. The zero-order valence-electron chi connectivity index (χ0n) is 15.7. The number of para-hydroxylation sites is 1. The number of hydrogen-bond donors (Lipinski definition) is 2. The van der Waals surface area contributed by atoms with E-state index in [1.165, 1.54) is 32.1 Å². The lowest BCUT2D eigenvalue weighted by molar-refractivity contribution is -0.137. The molecule has 5 nitrogen and oxygen atoms in total. The van der Waals surface area contributed by atoms with E-state index in [0.29, 0.717) is 12.3 Å². The van der Waals surface area contributed by atoms with Gasteiger partial charge in [-0.2, -0.15) is 0 Å². The molecule has 1 heterocycles. The minimum absolute atomic E-state index is 0.0562. The Morgan fingerprint density at radius 1 is 1.15 bits per heavy atom. The van der Waals surface area contributed by atoms with E-state index < -0.39 is 5.97 Å². The summed E-state index contributed by atoms with van der Waals surface area (Å²) in [7, 11) is 0. The van der Waals surface area contributed by atoms with Crippen molar-refractivity contribution in [3.63, 3.8) is 0 Å². The first-order chi connectivity index (χ1) is 13.1. The van der Waals surface area contributed by atoms with Crippen molar-refractivity contribution in [3.8, 4) is 0 Å². The van der Waals surface area contributed by atoms with Crippen molar-refractivity contribution in [3.05, 3.63) is 42.1 Å². The molecule has 1 aliphatic rings. The molecule has 1 unspecified atom stereocenters. The van der Waals surface area contributed by atoms with Crippen LogP contribution in [0.3, 0.4) is 0 Å². The Labute approximate surface area is 160 Å². The van der Waals surface area contributed by atoms with Crippen LogP contribution in [0.4, 0.5) is 0 Å². The highest BCUT2D eigenvalue weighted by Crippen LogP contribution is 2.28. The molecule has 144 valence electrons. The van der Waals surface area contributed by atoms with Crippen LogP contribution in [-0.2, 0) is 16.0 Å². The van der Waals surface area contributed by atoms with Gasteiger partial charge in [-0.15, -0.1) is 0 Å². The Morgan fingerprint density at radius 2 is 1.93 bits per heavy atom. The van der Waals surface area contributed by atoms with E-state index >= 15 is 0 Å². The highest BCUT2D eigenvalue weighted by atomic mass is 16.4. The number of rotatable bonds is 8. The Kier molecular flexibility index (Phi) is 6.80.